The van der Waals surface area contributed by atoms with Gasteiger partial charge in [0.05, 0.1) is 37.4 Å². The number of nitrogens with one attached hydrogen (secondary N) is 2. The van der Waals surface area contributed by atoms with E-state index in [1.54, 1.807) is 37.3 Å². The number of primary amides is 1. The number of epoxide rings is 1. The van der Waals surface area contributed by atoms with Gasteiger partial charge in [-0.3, -0.25) is 19.2 Å². The number of hydrogen-bond acceptors (Lipinski definition) is 9. The van der Waals surface area contributed by atoms with E-state index in [9.17, 15) is 24.3 Å². The van der Waals surface area contributed by atoms with Gasteiger partial charge >= 0.3 is 5.97 Å². The standard InChI is InChI=1S/C35H47N3O9/c1-20(6-13-29-21(2)16-28(23(4)46-29)38-31(40)15-8-22(3)45-24(5)39)7-14-30-33(42)35(19-44-35)18-27(47-30)17-32(41)37-26-11-9-25(10-12-26)34(36)43/h6-12,14-15,21-23,27-30,33,42H,13,16-19H2,1-5H3,(H2,36,43)(H,37,41)(H,38,40)/b14-7+,15-8-,20-6+/t21-,22-,23+,27+,28+,29-,30+,33+,35+/m0/s1. The summed E-state index contributed by atoms with van der Waals surface area (Å²) in [7, 11) is 0. The van der Waals surface area contributed by atoms with Gasteiger partial charge in [0.1, 0.15) is 23.9 Å². The fourth-order valence-electron chi connectivity index (χ4n) is 6.02. The van der Waals surface area contributed by atoms with Crippen LogP contribution >= 0.6 is 0 Å². The lowest BCUT2D eigenvalue weighted by molar-refractivity contribution is -0.143. The van der Waals surface area contributed by atoms with Crippen LogP contribution in [0.15, 0.2) is 60.2 Å². The predicted octanol–water partition coefficient (Wildman–Crippen LogP) is 3.10. The van der Waals surface area contributed by atoms with Crippen LogP contribution in [0.2, 0.25) is 0 Å². The summed E-state index contributed by atoms with van der Waals surface area (Å²) in [4.78, 5) is 47.5. The maximum Gasteiger partial charge on any atom is 0.303 e. The number of allylic oxidation sites excluding steroid dienone is 2. The second-order valence-corrected chi connectivity index (χ2v) is 12.8. The van der Waals surface area contributed by atoms with E-state index in [2.05, 4.69) is 23.6 Å². The van der Waals surface area contributed by atoms with Crippen molar-refractivity contribution in [3.05, 3.63) is 65.8 Å². The Labute approximate surface area is 275 Å². The van der Waals surface area contributed by atoms with Crippen molar-refractivity contribution in [3.8, 4) is 0 Å². The van der Waals surface area contributed by atoms with Crippen LogP contribution in [0.3, 0.4) is 0 Å². The van der Waals surface area contributed by atoms with Crippen molar-refractivity contribution < 1.29 is 43.2 Å². The molecule has 5 N–H and O–H groups in total. The average molecular weight is 654 g/mol. The molecule has 0 bridgehead atoms. The van der Waals surface area contributed by atoms with Crippen LogP contribution in [0.1, 0.15) is 70.7 Å². The molecule has 0 unspecified atom stereocenters. The van der Waals surface area contributed by atoms with E-state index in [-0.39, 0.29) is 42.4 Å². The third-order valence-corrected chi connectivity index (χ3v) is 8.79. The fourth-order valence-corrected chi connectivity index (χ4v) is 6.02. The second kappa shape index (κ2) is 15.8. The molecule has 3 fully saturated rings. The van der Waals surface area contributed by atoms with E-state index in [0.717, 1.165) is 12.0 Å². The number of hydrogen-bond donors (Lipinski definition) is 4. The molecule has 12 nitrogen and oxygen atoms in total. The highest BCUT2D eigenvalue weighted by Gasteiger charge is 2.58. The molecule has 3 heterocycles. The van der Waals surface area contributed by atoms with Gasteiger partial charge in [-0.25, -0.2) is 0 Å². The zero-order chi connectivity index (χ0) is 34.3. The molecule has 256 valence electrons. The molecule has 3 aliphatic rings. The molecular formula is C35H47N3O9. The van der Waals surface area contributed by atoms with E-state index in [0.29, 0.717) is 30.7 Å². The Hall–Kier alpha value is -3.84. The van der Waals surface area contributed by atoms with Crippen molar-refractivity contribution in [2.24, 2.45) is 11.7 Å². The number of aliphatic hydroxyl groups excluding tert-OH is 1. The van der Waals surface area contributed by atoms with Gasteiger partial charge in [0.25, 0.3) is 0 Å². The van der Waals surface area contributed by atoms with E-state index in [1.165, 1.54) is 13.0 Å². The first-order valence-corrected chi connectivity index (χ1v) is 16.1. The zero-order valence-corrected chi connectivity index (χ0v) is 27.6. The van der Waals surface area contributed by atoms with Crippen molar-refractivity contribution in [3.63, 3.8) is 0 Å². The summed E-state index contributed by atoms with van der Waals surface area (Å²) in [6.45, 7) is 9.42. The number of carbonyl (C=O) groups is 4. The smallest absolute Gasteiger partial charge is 0.303 e. The van der Waals surface area contributed by atoms with Crippen molar-refractivity contribution >= 4 is 29.4 Å². The first-order chi connectivity index (χ1) is 22.2. The molecule has 3 amide bonds. The molecule has 0 aromatic heterocycles. The van der Waals surface area contributed by atoms with E-state index < -0.39 is 41.9 Å². The Bertz CT molecular complexity index is 1380. The fraction of sp³-hybridized carbons (Fsp3) is 0.543. The summed E-state index contributed by atoms with van der Waals surface area (Å²) < 4.78 is 23.1. The van der Waals surface area contributed by atoms with Crippen molar-refractivity contribution in [1.82, 2.24) is 5.32 Å². The minimum atomic E-state index is -0.860. The lowest BCUT2D eigenvalue weighted by Crippen LogP contribution is -2.50. The quantitative estimate of drug-likeness (QED) is 0.114. The van der Waals surface area contributed by atoms with Gasteiger partial charge in [0.15, 0.2) is 0 Å². The molecule has 0 saturated carbocycles. The molecule has 3 saturated heterocycles. The van der Waals surface area contributed by atoms with Gasteiger partial charge in [-0.2, -0.15) is 0 Å². The number of aliphatic hydroxyl groups is 1. The van der Waals surface area contributed by atoms with Crippen LogP contribution in [-0.4, -0.2) is 83.7 Å². The largest absolute Gasteiger partial charge is 0.459 e. The normalized spacial score (nSPS) is 31.4. The molecule has 9 atom stereocenters. The van der Waals surface area contributed by atoms with Crippen LogP contribution in [0, 0.1) is 5.92 Å². The van der Waals surface area contributed by atoms with E-state index in [4.69, 9.17) is 24.7 Å². The zero-order valence-electron chi connectivity index (χ0n) is 27.6. The number of carbonyl (C=O) groups excluding carboxylic acids is 4. The second-order valence-electron chi connectivity index (χ2n) is 12.8. The minimum Gasteiger partial charge on any atom is -0.459 e. The Morgan fingerprint density at radius 1 is 1.13 bits per heavy atom. The summed E-state index contributed by atoms with van der Waals surface area (Å²) in [5.41, 5.74) is 6.42. The SMILES string of the molecule is CC(=O)O[C@@H](C)/C=C\C(=O)N[C@@H]1C[C@H](C)[C@H](C/C=C(C)/C=C/[C@H]2O[C@H](CC(=O)Nc3ccc(C(N)=O)cc3)C[C@@]3(CO3)[C@@H]2O)O[C@@H]1C. The highest BCUT2D eigenvalue weighted by molar-refractivity contribution is 5.95. The summed E-state index contributed by atoms with van der Waals surface area (Å²) in [5.74, 6) is -1.27. The summed E-state index contributed by atoms with van der Waals surface area (Å²) in [6, 6.07) is 6.17. The van der Waals surface area contributed by atoms with Gasteiger partial charge < -0.3 is 40.4 Å². The van der Waals surface area contributed by atoms with E-state index in [1.807, 2.05) is 26.0 Å². The molecule has 0 aliphatic carbocycles. The van der Waals surface area contributed by atoms with Crippen LogP contribution in [0.5, 0.6) is 0 Å². The lowest BCUT2D eigenvalue weighted by Gasteiger charge is -2.39. The lowest BCUT2D eigenvalue weighted by atomic mass is 9.87. The van der Waals surface area contributed by atoms with Gasteiger partial charge in [-0.05, 0) is 69.9 Å². The van der Waals surface area contributed by atoms with Crippen LogP contribution in [-0.2, 0) is 33.3 Å². The summed E-state index contributed by atoms with van der Waals surface area (Å²) >= 11 is 0. The van der Waals surface area contributed by atoms with Crippen molar-refractivity contribution in [2.75, 3.05) is 11.9 Å². The first kappa shape index (κ1) is 36.0. The molecule has 1 aromatic rings. The minimum absolute atomic E-state index is 0.0319. The third-order valence-electron chi connectivity index (χ3n) is 8.79. The number of rotatable bonds is 12. The van der Waals surface area contributed by atoms with Crippen LogP contribution in [0.4, 0.5) is 5.69 Å². The number of anilines is 1. The molecule has 12 heteroatoms. The number of ether oxygens (including phenoxy) is 4. The molecule has 1 aromatic carbocycles. The molecule has 1 spiro atoms. The number of benzene rings is 1. The molecular weight excluding hydrogens is 606 g/mol. The maximum atomic E-state index is 12.8. The average Bonchev–Trinajstić information content (AvgIpc) is 3.77. The van der Waals surface area contributed by atoms with Crippen molar-refractivity contribution in [2.45, 2.75) is 109 Å². The highest BCUT2D eigenvalue weighted by atomic mass is 16.6. The Balaban J connectivity index is 1.27. The Kier molecular flexibility index (Phi) is 12.1. The summed E-state index contributed by atoms with van der Waals surface area (Å²) in [6.07, 6.45) is 7.94. The Morgan fingerprint density at radius 2 is 1.83 bits per heavy atom. The highest BCUT2D eigenvalue weighted by Crippen LogP contribution is 2.43. The number of nitrogens with two attached hydrogens (primary N) is 1. The molecule has 4 rings (SSSR count). The first-order valence-electron chi connectivity index (χ1n) is 16.1. The van der Waals surface area contributed by atoms with Gasteiger partial charge in [-0.15, -0.1) is 0 Å². The molecule has 3 aliphatic heterocycles. The van der Waals surface area contributed by atoms with Gasteiger partial charge in [0, 0.05) is 30.7 Å². The van der Waals surface area contributed by atoms with Gasteiger partial charge in [0.2, 0.25) is 17.7 Å². The third kappa shape index (κ3) is 10.3. The number of esters is 1. The van der Waals surface area contributed by atoms with Crippen molar-refractivity contribution in [1.29, 1.82) is 0 Å². The van der Waals surface area contributed by atoms with Crippen LogP contribution in [0.25, 0.3) is 0 Å². The van der Waals surface area contributed by atoms with E-state index >= 15 is 0 Å². The Morgan fingerprint density at radius 3 is 2.47 bits per heavy atom. The molecule has 47 heavy (non-hydrogen) atoms. The molecule has 0 radical (unpaired) electrons. The topological polar surface area (TPSA) is 179 Å². The number of amides is 3. The van der Waals surface area contributed by atoms with Gasteiger partial charge in [-0.1, -0.05) is 30.7 Å². The predicted molar refractivity (Wildman–Crippen MR) is 174 cm³/mol. The van der Waals surface area contributed by atoms with Crippen LogP contribution < -0.4 is 16.4 Å². The maximum absolute atomic E-state index is 12.8. The monoisotopic (exact) mass is 653 g/mol. The summed E-state index contributed by atoms with van der Waals surface area (Å²) in [5, 5.41) is 16.8.